The molecule has 0 spiro atoms. The van der Waals surface area contributed by atoms with E-state index in [0.717, 1.165) is 0 Å². The van der Waals surface area contributed by atoms with Gasteiger partial charge >= 0.3 is 11.9 Å². The number of ketones is 1. The lowest BCUT2D eigenvalue weighted by atomic mass is 10.2. The van der Waals surface area contributed by atoms with Crippen molar-refractivity contribution >= 4 is 17.7 Å². The Morgan fingerprint density at radius 2 is 1.41 bits per heavy atom. The van der Waals surface area contributed by atoms with E-state index in [1.807, 2.05) is 13.8 Å². The number of Topliss-reactive ketones (excluding diaryl/α,β-unsaturated/α-hetero) is 1. The van der Waals surface area contributed by atoms with Gasteiger partial charge in [-0.15, -0.1) is 0 Å². The molecule has 0 heterocycles. The van der Waals surface area contributed by atoms with Gasteiger partial charge in [0.2, 0.25) is 0 Å². The van der Waals surface area contributed by atoms with Crippen molar-refractivity contribution in [2.24, 2.45) is 0 Å². The first-order valence-corrected chi connectivity index (χ1v) is 5.83. The lowest BCUT2D eigenvalue weighted by Crippen LogP contribution is -2.26. The van der Waals surface area contributed by atoms with E-state index in [-0.39, 0.29) is 12.2 Å². The number of carbonyl (C=O) groups is 3. The quantitative estimate of drug-likeness (QED) is 0.387. The minimum Gasteiger partial charge on any atom is -0.462 e. The maximum Gasteiger partial charge on any atom is 0.375 e. The Morgan fingerprint density at radius 1 is 0.941 bits per heavy atom. The van der Waals surface area contributed by atoms with E-state index >= 15 is 0 Å². The van der Waals surface area contributed by atoms with Gasteiger partial charge in [-0.3, -0.25) is 9.59 Å². The van der Waals surface area contributed by atoms with Crippen LogP contribution in [-0.4, -0.2) is 29.9 Å². The molecule has 0 aromatic heterocycles. The van der Waals surface area contributed by atoms with Crippen LogP contribution in [0.15, 0.2) is 0 Å². The molecular formula is C12H20O5. The molecule has 0 saturated heterocycles. The Hall–Kier alpha value is -1.39. The molecule has 0 fully saturated rings. The molecule has 0 radical (unpaired) electrons. The van der Waals surface area contributed by atoms with Crippen LogP contribution in [0.5, 0.6) is 0 Å². The second-order valence-electron chi connectivity index (χ2n) is 3.93. The van der Waals surface area contributed by atoms with Crippen LogP contribution in [0.25, 0.3) is 0 Å². The second kappa shape index (κ2) is 7.81. The smallest absolute Gasteiger partial charge is 0.375 e. The first-order valence-electron chi connectivity index (χ1n) is 5.83. The molecule has 0 aromatic carbocycles. The Balaban J connectivity index is 4.08. The molecule has 0 aliphatic rings. The molecule has 17 heavy (non-hydrogen) atoms. The molecular weight excluding hydrogens is 224 g/mol. The SMILES string of the molecule is CCC(C)OC(=O)CC(=O)C(=O)OC(C)CC. The summed E-state index contributed by atoms with van der Waals surface area (Å²) in [6.07, 6.45) is 0.158. The Morgan fingerprint density at radius 3 is 1.88 bits per heavy atom. The van der Waals surface area contributed by atoms with E-state index < -0.39 is 24.1 Å². The summed E-state index contributed by atoms with van der Waals surface area (Å²) in [6.45, 7) is 7.10. The van der Waals surface area contributed by atoms with Crippen LogP contribution in [0.3, 0.4) is 0 Å². The molecule has 0 aliphatic heterocycles. The average Bonchev–Trinajstić information content (AvgIpc) is 2.28. The summed E-state index contributed by atoms with van der Waals surface area (Å²) in [5.41, 5.74) is 0. The third kappa shape index (κ3) is 6.71. The largest absolute Gasteiger partial charge is 0.462 e. The second-order valence-corrected chi connectivity index (χ2v) is 3.93. The van der Waals surface area contributed by atoms with Crippen LogP contribution in [-0.2, 0) is 23.9 Å². The number of carbonyl (C=O) groups excluding carboxylic acids is 3. The van der Waals surface area contributed by atoms with Crippen molar-refractivity contribution in [2.45, 2.75) is 59.2 Å². The van der Waals surface area contributed by atoms with E-state index in [1.165, 1.54) is 0 Å². The Kier molecular flexibility index (Phi) is 7.18. The predicted molar refractivity (Wildman–Crippen MR) is 61.3 cm³/mol. The van der Waals surface area contributed by atoms with Gasteiger partial charge in [-0.2, -0.15) is 0 Å². The molecule has 5 nitrogen and oxygen atoms in total. The van der Waals surface area contributed by atoms with Gasteiger partial charge in [0.15, 0.2) is 0 Å². The summed E-state index contributed by atoms with van der Waals surface area (Å²) in [7, 11) is 0. The monoisotopic (exact) mass is 244 g/mol. The molecule has 0 bridgehead atoms. The van der Waals surface area contributed by atoms with E-state index in [4.69, 9.17) is 9.47 Å². The molecule has 2 atom stereocenters. The molecule has 98 valence electrons. The zero-order chi connectivity index (χ0) is 13.4. The van der Waals surface area contributed by atoms with Gasteiger partial charge in [-0.25, -0.2) is 4.79 Å². The minimum atomic E-state index is -0.972. The van der Waals surface area contributed by atoms with Gasteiger partial charge in [0.25, 0.3) is 5.78 Å². The van der Waals surface area contributed by atoms with Gasteiger partial charge in [0.1, 0.15) is 6.42 Å². The summed E-state index contributed by atoms with van der Waals surface area (Å²) in [4.78, 5) is 33.8. The van der Waals surface area contributed by atoms with Gasteiger partial charge in [-0.05, 0) is 26.7 Å². The van der Waals surface area contributed by atoms with Crippen molar-refractivity contribution in [1.29, 1.82) is 0 Å². The summed E-state index contributed by atoms with van der Waals surface area (Å²) in [6, 6.07) is 0. The van der Waals surface area contributed by atoms with Crippen molar-refractivity contribution in [3.63, 3.8) is 0 Å². The van der Waals surface area contributed by atoms with Crippen LogP contribution in [0, 0.1) is 0 Å². The van der Waals surface area contributed by atoms with Gasteiger partial charge < -0.3 is 9.47 Å². The molecule has 0 saturated carbocycles. The highest BCUT2D eigenvalue weighted by Gasteiger charge is 2.22. The summed E-state index contributed by atoms with van der Waals surface area (Å²) >= 11 is 0. The maximum atomic E-state index is 11.3. The highest BCUT2D eigenvalue weighted by molar-refractivity contribution is 6.36. The number of hydrogen-bond donors (Lipinski definition) is 0. The Bertz CT molecular complexity index is 285. The third-order valence-electron chi connectivity index (χ3n) is 2.32. The van der Waals surface area contributed by atoms with Crippen LogP contribution < -0.4 is 0 Å². The third-order valence-corrected chi connectivity index (χ3v) is 2.32. The van der Waals surface area contributed by atoms with Crippen LogP contribution in [0.1, 0.15) is 47.0 Å². The number of ether oxygens (including phenoxy) is 2. The highest BCUT2D eigenvalue weighted by atomic mass is 16.6. The summed E-state index contributed by atoms with van der Waals surface area (Å²) in [5.74, 6) is -2.52. The molecule has 5 heteroatoms. The van der Waals surface area contributed by atoms with Gasteiger partial charge in [-0.1, -0.05) is 13.8 Å². The molecule has 0 aromatic rings. The predicted octanol–water partition coefficient (Wildman–Crippen LogP) is 1.63. The normalized spacial score (nSPS) is 13.6. The summed E-state index contributed by atoms with van der Waals surface area (Å²) < 4.78 is 9.68. The zero-order valence-electron chi connectivity index (χ0n) is 10.8. The first-order chi connectivity index (χ1) is 7.90. The van der Waals surface area contributed by atoms with E-state index in [1.54, 1.807) is 13.8 Å². The number of esters is 2. The minimum absolute atomic E-state index is 0.249. The lowest BCUT2D eigenvalue weighted by Gasteiger charge is -2.11. The lowest BCUT2D eigenvalue weighted by molar-refractivity contribution is -0.161. The van der Waals surface area contributed by atoms with Gasteiger partial charge in [0, 0.05) is 0 Å². The Labute approximate surface area is 101 Å². The van der Waals surface area contributed by atoms with Crippen molar-refractivity contribution in [2.75, 3.05) is 0 Å². The zero-order valence-corrected chi connectivity index (χ0v) is 10.8. The fourth-order valence-electron chi connectivity index (χ4n) is 0.884. The van der Waals surface area contributed by atoms with E-state index in [2.05, 4.69) is 0 Å². The van der Waals surface area contributed by atoms with Gasteiger partial charge in [0.05, 0.1) is 12.2 Å². The molecule has 0 aliphatic carbocycles. The van der Waals surface area contributed by atoms with Crippen LogP contribution >= 0.6 is 0 Å². The topological polar surface area (TPSA) is 69.7 Å². The maximum absolute atomic E-state index is 11.3. The molecule has 0 amide bonds. The first kappa shape index (κ1) is 15.6. The summed E-state index contributed by atoms with van der Waals surface area (Å²) in [5, 5.41) is 0. The van der Waals surface area contributed by atoms with E-state index in [9.17, 15) is 14.4 Å². The standard InChI is InChI=1S/C12H20O5/c1-5-8(3)16-11(14)7-10(13)12(15)17-9(4)6-2/h8-9H,5-7H2,1-4H3. The van der Waals surface area contributed by atoms with Crippen molar-refractivity contribution < 1.29 is 23.9 Å². The number of hydrogen-bond acceptors (Lipinski definition) is 5. The van der Waals surface area contributed by atoms with Crippen LogP contribution in [0.2, 0.25) is 0 Å². The van der Waals surface area contributed by atoms with E-state index in [0.29, 0.717) is 12.8 Å². The molecule has 0 rings (SSSR count). The van der Waals surface area contributed by atoms with Crippen LogP contribution in [0.4, 0.5) is 0 Å². The van der Waals surface area contributed by atoms with Crippen molar-refractivity contribution in [1.82, 2.24) is 0 Å². The fourth-order valence-corrected chi connectivity index (χ4v) is 0.884. The van der Waals surface area contributed by atoms with Crippen molar-refractivity contribution in [3.05, 3.63) is 0 Å². The fraction of sp³-hybridized carbons (Fsp3) is 0.750. The average molecular weight is 244 g/mol. The molecule has 0 N–H and O–H groups in total. The highest BCUT2D eigenvalue weighted by Crippen LogP contribution is 2.02. The van der Waals surface area contributed by atoms with Crippen molar-refractivity contribution in [3.8, 4) is 0 Å². The number of rotatable bonds is 7. The molecule has 2 unspecified atom stereocenters.